The van der Waals surface area contributed by atoms with E-state index in [0.29, 0.717) is 5.92 Å². The van der Waals surface area contributed by atoms with Crippen molar-refractivity contribution in [3.63, 3.8) is 0 Å². The molecule has 0 bridgehead atoms. The van der Waals surface area contributed by atoms with E-state index in [1.807, 2.05) is 65.1 Å². The number of nitrogens with zero attached hydrogens (tertiary/aromatic N) is 2. The van der Waals surface area contributed by atoms with Crippen LogP contribution in [0.25, 0.3) is 43.5 Å². The number of thiophene rings is 1. The van der Waals surface area contributed by atoms with Gasteiger partial charge in [-0.05, 0) is 73.3 Å². The van der Waals surface area contributed by atoms with Crippen LogP contribution in [-0.2, 0) is 36.7 Å². The minimum absolute atomic E-state index is 0. The molecule has 0 unspecified atom stereocenters. The molecule has 5 aromatic rings. The van der Waals surface area contributed by atoms with Crippen molar-refractivity contribution in [2.24, 2.45) is 16.7 Å². The first-order valence-electron chi connectivity index (χ1n) is 18.3. The topological polar surface area (TPSA) is 63.1 Å². The van der Waals surface area contributed by atoms with Crippen LogP contribution in [0.3, 0.4) is 0 Å². The quantitative estimate of drug-likeness (QED) is 0.0815. The molecule has 0 atom stereocenters. The van der Waals surface area contributed by atoms with E-state index in [9.17, 15) is 9.90 Å². The number of hydrogen-bond donors (Lipinski definition) is 1. The maximum atomic E-state index is 12.2. The summed E-state index contributed by atoms with van der Waals surface area (Å²) in [6, 6.07) is 25.1. The monoisotopic (exact) mass is 882 g/mol. The van der Waals surface area contributed by atoms with Gasteiger partial charge in [0, 0.05) is 53.8 Å². The Kier molecular flexibility index (Phi) is 14.5. The molecule has 1 N–H and O–H groups in total. The number of hydrogen-bond acceptors (Lipinski definition) is 5. The first-order chi connectivity index (χ1) is 23.6. The predicted octanol–water partition coefficient (Wildman–Crippen LogP) is 13.1. The van der Waals surface area contributed by atoms with Gasteiger partial charge < -0.3 is 5.11 Å². The second kappa shape index (κ2) is 17.6. The molecule has 3 heterocycles. The second-order valence-corrected chi connectivity index (χ2v) is 16.8. The predicted molar refractivity (Wildman–Crippen MR) is 215 cm³/mol. The molecule has 6 heteroatoms. The largest absolute Gasteiger partial charge is 0.512 e. The summed E-state index contributed by atoms with van der Waals surface area (Å²) in [5.74, 6) is 0.935. The van der Waals surface area contributed by atoms with Gasteiger partial charge in [0.05, 0.1) is 15.9 Å². The Morgan fingerprint density at radius 1 is 0.863 bits per heavy atom. The van der Waals surface area contributed by atoms with Gasteiger partial charge in [-0.25, -0.2) is 4.98 Å². The van der Waals surface area contributed by atoms with Crippen molar-refractivity contribution in [3.8, 4) is 22.5 Å². The number of carbonyl (C=O) groups is 1. The van der Waals surface area contributed by atoms with Crippen molar-refractivity contribution in [1.82, 2.24) is 9.97 Å². The minimum Gasteiger partial charge on any atom is -0.512 e. The van der Waals surface area contributed by atoms with E-state index in [-0.39, 0.29) is 47.9 Å². The molecule has 0 aliphatic rings. The average Bonchev–Trinajstić information content (AvgIpc) is 3.51. The van der Waals surface area contributed by atoms with Gasteiger partial charge in [0.2, 0.25) is 0 Å². The summed E-state index contributed by atoms with van der Waals surface area (Å²) in [5, 5.41) is 12.5. The first kappa shape index (κ1) is 42.2. The van der Waals surface area contributed by atoms with E-state index < -0.39 is 0 Å². The molecule has 3 aromatic heterocycles. The Morgan fingerprint density at radius 2 is 1.51 bits per heavy atom. The number of allylic oxidation sites excluding steroid dienone is 2. The van der Waals surface area contributed by atoms with E-state index in [2.05, 4.69) is 95.3 Å². The molecule has 4 nitrogen and oxygen atoms in total. The molecule has 0 saturated carbocycles. The zero-order valence-corrected chi connectivity index (χ0v) is 35.7. The summed E-state index contributed by atoms with van der Waals surface area (Å²) in [6.45, 7) is 23.4. The van der Waals surface area contributed by atoms with Crippen LogP contribution in [0.2, 0.25) is 0 Å². The number of rotatable bonds is 11. The number of ketones is 1. The zero-order chi connectivity index (χ0) is 36.9. The number of fused-ring (bicyclic) bond motifs is 2. The standard InChI is InChI=1S/C30H29N2S.C15H28O2.Ir/c1-19(2)14-23-18-28-29(33-23)11-10-26(32-28)21-12-13-31-27(17-21)22-15-20-8-6-7-9-24(20)25(16-22)30(3,4)5;1-7-14(5,8-2)12(16)11-13(17)15(6,9-3)10-4;/h6-13,16-19H,14H2,1-5H3;11,16H,7-10H2,1-6H3;/q-1;;/b;12-11-;. The third-order valence-corrected chi connectivity index (χ3v) is 11.7. The summed E-state index contributed by atoms with van der Waals surface area (Å²) in [7, 11) is 0. The number of aromatic nitrogens is 2. The Morgan fingerprint density at radius 3 is 2.12 bits per heavy atom. The molecule has 2 aromatic carbocycles. The third kappa shape index (κ3) is 10.0. The summed E-state index contributed by atoms with van der Waals surface area (Å²) in [5.41, 5.74) is 5.84. The maximum Gasteiger partial charge on any atom is 0.164 e. The van der Waals surface area contributed by atoms with Gasteiger partial charge in [0.25, 0.3) is 0 Å². The smallest absolute Gasteiger partial charge is 0.164 e. The van der Waals surface area contributed by atoms with Gasteiger partial charge in [0.15, 0.2) is 5.78 Å². The average molecular weight is 882 g/mol. The van der Waals surface area contributed by atoms with Crippen LogP contribution in [-0.4, -0.2) is 20.9 Å². The summed E-state index contributed by atoms with van der Waals surface area (Å²) in [4.78, 5) is 23.3. The fourth-order valence-electron chi connectivity index (χ4n) is 6.05. The van der Waals surface area contributed by atoms with Crippen LogP contribution >= 0.6 is 11.3 Å². The Labute approximate surface area is 324 Å². The normalized spacial score (nSPS) is 12.5. The second-order valence-electron chi connectivity index (χ2n) is 15.6. The Hall–Kier alpha value is -3.18. The van der Waals surface area contributed by atoms with E-state index in [0.717, 1.165) is 65.5 Å². The van der Waals surface area contributed by atoms with E-state index in [4.69, 9.17) is 9.97 Å². The van der Waals surface area contributed by atoms with E-state index in [1.54, 1.807) is 0 Å². The third-order valence-electron chi connectivity index (χ3n) is 10.6. The first-order valence-corrected chi connectivity index (χ1v) is 19.2. The van der Waals surface area contributed by atoms with E-state index in [1.165, 1.54) is 26.6 Å². The molecule has 5 rings (SSSR count). The van der Waals surface area contributed by atoms with Crippen LogP contribution in [0.4, 0.5) is 0 Å². The van der Waals surface area contributed by atoms with Crippen molar-refractivity contribution in [1.29, 1.82) is 0 Å². The van der Waals surface area contributed by atoms with Crippen molar-refractivity contribution in [2.75, 3.05) is 0 Å². The molecule has 0 amide bonds. The van der Waals surface area contributed by atoms with Crippen molar-refractivity contribution < 1.29 is 30.0 Å². The van der Waals surface area contributed by atoms with Gasteiger partial charge >= 0.3 is 0 Å². The van der Waals surface area contributed by atoms with Crippen LogP contribution in [0.1, 0.15) is 112 Å². The molecule has 51 heavy (non-hydrogen) atoms. The molecular formula is C45H57IrN2O2S-. The van der Waals surface area contributed by atoms with Gasteiger partial charge in [-0.2, -0.15) is 0 Å². The molecule has 0 fully saturated rings. The fraction of sp³-hybridized carbons (Fsp3) is 0.444. The Balaban J connectivity index is 0.000000335. The molecule has 0 aliphatic heterocycles. The van der Waals surface area contributed by atoms with Crippen molar-refractivity contribution in [3.05, 3.63) is 95.2 Å². The van der Waals surface area contributed by atoms with Crippen LogP contribution in [0, 0.1) is 22.8 Å². The maximum absolute atomic E-state index is 12.2. The number of aliphatic hydroxyl groups is 1. The van der Waals surface area contributed by atoms with Crippen molar-refractivity contribution in [2.45, 2.75) is 114 Å². The van der Waals surface area contributed by atoms with Crippen LogP contribution in [0.15, 0.2) is 78.7 Å². The number of aliphatic hydroxyl groups excluding tert-OH is 1. The summed E-state index contributed by atoms with van der Waals surface area (Å²) < 4.78 is 1.25. The number of carbonyl (C=O) groups excluding carboxylic acids is 1. The van der Waals surface area contributed by atoms with E-state index >= 15 is 0 Å². The summed E-state index contributed by atoms with van der Waals surface area (Å²) >= 11 is 1.85. The Bertz CT molecular complexity index is 1960. The molecule has 275 valence electrons. The number of pyridine rings is 2. The van der Waals surface area contributed by atoms with Gasteiger partial charge in [-0.15, -0.1) is 40.5 Å². The van der Waals surface area contributed by atoms with Crippen molar-refractivity contribution >= 4 is 38.1 Å². The molecular weight excluding hydrogens is 825 g/mol. The fourth-order valence-corrected chi connectivity index (χ4v) is 7.26. The molecule has 0 spiro atoms. The van der Waals surface area contributed by atoms with Gasteiger partial charge in [-0.1, -0.05) is 111 Å². The SMILES string of the molecule is CC(C)Cc1cc2nc(-c3ccnc(-c4[c-]c5ccccc5c(C(C)(C)C)c4)c3)ccc2s1.CCC(C)(CC)C(=O)/C=C(\O)C(C)(CC)CC.[Ir]. The van der Waals surface area contributed by atoms with Crippen LogP contribution in [0.5, 0.6) is 0 Å². The zero-order valence-electron chi connectivity index (χ0n) is 32.5. The van der Waals surface area contributed by atoms with Gasteiger partial charge in [0.1, 0.15) is 5.76 Å². The van der Waals surface area contributed by atoms with Crippen LogP contribution < -0.4 is 0 Å². The van der Waals surface area contributed by atoms with Gasteiger partial charge in [-0.3, -0.25) is 9.78 Å². The molecule has 0 aliphatic carbocycles. The minimum atomic E-state index is -0.337. The number of benzene rings is 2. The molecule has 1 radical (unpaired) electrons. The summed E-state index contributed by atoms with van der Waals surface area (Å²) in [6.07, 6.45) is 7.74. The molecule has 0 saturated heterocycles.